The van der Waals surface area contributed by atoms with E-state index in [4.69, 9.17) is 24.4 Å². The lowest BCUT2D eigenvalue weighted by atomic mass is 9.99. The van der Waals surface area contributed by atoms with Gasteiger partial charge in [0.05, 0.1) is 29.6 Å². The van der Waals surface area contributed by atoms with Gasteiger partial charge >= 0.3 is 11.8 Å². The van der Waals surface area contributed by atoms with Crippen molar-refractivity contribution < 1.29 is 14.3 Å². The molecule has 1 saturated carbocycles. The third-order valence-corrected chi connectivity index (χ3v) is 8.73. The summed E-state index contributed by atoms with van der Waals surface area (Å²) >= 11 is 0. The highest BCUT2D eigenvalue weighted by Gasteiger charge is 2.34. The molecule has 1 saturated heterocycles. The number of aromatic nitrogens is 4. The quantitative estimate of drug-likeness (QED) is 0.236. The van der Waals surface area contributed by atoms with Crippen molar-refractivity contribution >= 4 is 22.9 Å². The van der Waals surface area contributed by atoms with Crippen LogP contribution in [0, 0.1) is 6.92 Å². The third kappa shape index (κ3) is 5.92. The van der Waals surface area contributed by atoms with Gasteiger partial charge in [-0.3, -0.25) is 4.98 Å². The zero-order valence-electron chi connectivity index (χ0n) is 28.1. The Labute approximate surface area is 270 Å². The number of rotatable bonds is 6. The molecule has 2 fully saturated rings. The maximum absolute atomic E-state index is 14.3. The third-order valence-electron chi connectivity index (χ3n) is 8.73. The molecule has 0 radical (unpaired) electrons. The minimum absolute atomic E-state index is 0.0666. The summed E-state index contributed by atoms with van der Waals surface area (Å²) in [7, 11) is 1.67. The van der Waals surface area contributed by atoms with Crippen molar-refractivity contribution in [2.24, 2.45) is 0 Å². The number of benzene rings is 1. The zero-order chi connectivity index (χ0) is 32.9. The summed E-state index contributed by atoms with van der Waals surface area (Å²) < 4.78 is 13.1. The maximum Gasteiger partial charge on any atom is 0.410 e. The Kier molecular flexibility index (Phi) is 8.25. The van der Waals surface area contributed by atoms with Gasteiger partial charge in [-0.1, -0.05) is 26.0 Å². The summed E-state index contributed by atoms with van der Waals surface area (Å²) in [6.45, 7) is 15.2. The Morgan fingerprint density at radius 2 is 1.80 bits per heavy atom. The summed E-state index contributed by atoms with van der Waals surface area (Å²) in [4.78, 5) is 46.0. The summed E-state index contributed by atoms with van der Waals surface area (Å²) in [5.41, 5.74) is 4.80. The number of para-hydroxylation sites is 1. The lowest BCUT2D eigenvalue weighted by molar-refractivity contribution is 0.0218. The van der Waals surface area contributed by atoms with E-state index in [0.29, 0.717) is 42.7 Å². The van der Waals surface area contributed by atoms with Gasteiger partial charge in [-0.2, -0.15) is 4.98 Å². The highest BCUT2D eigenvalue weighted by atomic mass is 16.6. The number of fused-ring (bicyclic) bond motifs is 1. The van der Waals surface area contributed by atoms with E-state index >= 15 is 0 Å². The molecule has 0 spiro atoms. The lowest BCUT2D eigenvalue weighted by Crippen LogP contribution is -2.55. The Morgan fingerprint density at radius 1 is 1.07 bits per heavy atom. The van der Waals surface area contributed by atoms with Crippen LogP contribution in [0.1, 0.15) is 83.0 Å². The fourth-order valence-electron chi connectivity index (χ4n) is 6.38. The molecule has 2 aliphatic rings. The molecule has 1 aliphatic carbocycles. The molecule has 46 heavy (non-hydrogen) atoms. The van der Waals surface area contributed by atoms with Crippen molar-refractivity contribution in [3.05, 3.63) is 69.9 Å². The van der Waals surface area contributed by atoms with Gasteiger partial charge in [0.2, 0.25) is 0 Å². The van der Waals surface area contributed by atoms with E-state index < -0.39 is 11.3 Å². The van der Waals surface area contributed by atoms with E-state index in [1.165, 1.54) is 0 Å². The number of carbonyl (C=O) groups is 1. The molecular weight excluding hydrogens is 580 g/mol. The molecule has 4 heterocycles. The van der Waals surface area contributed by atoms with E-state index in [0.717, 1.165) is 52.1 Å². The number of amides is 1. The molecule has 10 heteroatoms. The van der Waals surface area contributed by atoms with Gasteiger partial charge in [-0.25, -0.2) is 19.1 Å². The van der Waals surface area contributed by atoms with Crippen LogP contribution in [0.25, 0.3) is 28.0 Å². The molecule has 4 aromatic rings. The second-order valence-corrected chi connectivity index (χ2v) is 13.8. The number of nitrogens with zero attached hydrogens (tertiary/aromatic N) is 6. The molecule has 1 aromatic carbocycles. The molecule has 1 atom stereocenters. The van der Waals surface area contributed by atoms with Crippen LogP contribution in [0.2, 0.25) is 0 Å². The SMILES string of the molecule is COc1ccccc1-c1nc2c(cc1C1CC1)c(N1CCN(C(=O)OC(C)(C)C)C[C@@H]1C)nc(=O)n2-c1c(C)ccnc1C(C)C. The van der Waals surface area contributed by atoms with Crippen LogP contribution in [0.4, 0.5) is 10.6 Å². The number of hydrogen-bond acceptors (Lipinski definition) is 8. The fourth-order valence-corrected chi connectivity index (χ4v) is 6.38. The zero-order valence-corrected chi connectivity index (χ0v) is 28.1. The van der Waals surface area contributed by atoms with Gasteiger partial charge in [0.25, 0.3) is 0 Å². The van der Waals surface area contributed by atoms with Crippen molar-refractivity contribution in [3.63, 3.8) is 0 Å². The van der Waals surface area contributed by atoms with Gasteiger partial charge in [-0.15, -0.1) is 0 Å². The number of pyridine rings is 2. The van der Waals surface area contributed by atoms with Crippen LogP contribution >= 0.6 is 0 Å². The average Bonchev–Trinajstić information content (AvgIpc) is 3.85. The molecule has 3 aromatic heterocycles. The smallest absolute Gasteiger partial charge is 0.410 e. The number of aryl methyl sites for hydroxylation is 1. The highest BCUT2D eigenvalue weighted by molar-refractivity contribution is 5.92. The molecule has 0 unspecified atom stereocenters. The Balaban J connectivity index is 1.59. The van der Waals surface area contributed by atoms with Crippen molar-refractivity contribution in [1.29, 1.82) is 0 Å². The summed E-state index contributed by atoms with van der Waals surface area (Å²) in [6.07, 6.45) is 3.59. The van der Waals surface area contributed by atoms with Crippen molar-refractivity contribution in [1.82, 2.24) is 24.4 Å². The maximum atomic E-state index is 14.3. The average molecular weight is 625 g/mol. The monoisotopic (exact) mass is 624 g/mol. The minimum Gasteiger partial charge on any atom is -0.496 e. The molecule has 0 N–H and O–H groups in total. The first-order valence-electron chi connectivity index (χ1n) is 16.2. The van der Waals surface area contributed by atoms with Crippen molar-refractivity contribution in [2.75, 3.05) is 31.6 Å². The summed E-state index contributed by atoms with van der Waals surface area (Å²) in [5.74, 6) is 1.74. The molecule has 6 rings (SSSR count). The van der Waals surface area contributed by atoms with Gasteiger partial charge in [0.1, 0.15) is 17.2 Å². The van der Waals surface area contributed by atoms with E-state index in [-0.39, 0.29) is 18.1 Å². The number of methoxy groups -OCH3 is 1. The Hall–Kier alpha value is -4.47. The van der Waals surface area contributed by atoms with E-state index in [2.05, 4.69) is 31.7 Å². The summed E-state index contributed by atoms with van der Waals surface area (Å²) in [6, 6.07) is 11.9. The second kappa shape index (κ2) is 12.0. The highest BCUT2D eigenvalue weighted by Crippen LogP contribution is 2.47. The van der Waals surface area contributed by atoms with Crippen LogP contribution in [-0.4, -0.2) is 68.9 Å². The number of hydrogen-bond donors (Lipinski definition) is 0. The fraction of sp³-hybridized carbons (Fsp3) is 0.472. The molecule has 1 amide bonds. The van der Waals surface area contributed by atoms with E-state index in [9.17, 15) is 9.59 Å². The van der Waals surface area contributed by atoms with Gasteiger partial charge in [0, 0.05) is 37.4 Å². The molecule has 1 aliphatic heterocycles. The largest absolute Gasteiger partial charge is 0.496 e. The number of ether oxygens (including phenoxy) is 2. The first kappa shape index (κ1) is 31.5. The Bertz CT molecular complexity index is 1860. The lowest BCUT2D eigenvalue weighted by Gasteiger charge is -2.41. The molecule has 0 bridgehead atoms. The molecule has 10 nitrogen and oxygen atoms in total. The topological polar surface area (TPSA) is 103 Å². The van der Waals surface area contributed by atoms with Crippen LogP contribution in [0.3, 0.4) is 0 Å². The van der Waals surface area contributed by atoms with E-state index in [1.807, 2.05) is 58.0 Å². The molecular formula is C36H44N6O4. The minimum atomic E-state index is -0.580. The van der Waals surface area contributed by atoms with Gasteiger partial charge in [0.15, 0.2) is 5.65 Å². The first-order valence-corrected chi connectivity index (χ1v) is 16.2. The van der Waals surface area contributed by atoms with Crippen LogP contribution in [-0.2, 0) is 4.74 Å². The van der Waals surface area contributed by atoms with Gasteiger partial charge in [-0.05, 0) is 94.7 Å². The van der Waals surface area contributed by atoms with Gasteiger partial charge < -0.3 is 19.3 Å². The normalized spacial score (nSPS) is 17.1. The predicted molar refractivity (Wildman–Crippen MR) is 180 cm³/mol. The molecule has 242 valence electrons. The predicted octanol–water partition coefficient (Wildman–Crippen LogP) is 6.61. The van der Waals surface area contributed by atoms with Crippen LogP contribution < -0.4 is 15.3 Å². The summed E-state index contributed by atoms with van der Waals surface area (Å²) in [5, 5.41) is 0.802. The standard InChI is InChI=1S/C36H44N6O4/c1-21(2)29-31(22(3)15-16-37-29)42-33-27(19-26(24-13-14-24)30(38-33)25-11-9-10-12-28(25)45-8)32(39-34(42)43)41-18-17-40(20-23(41)4)35(44)46-36(5,6)7/h9-12,15-16,19,21,23-24H,13-14,17-18,20H2,1-8H3/t23-/m0/s1. The van der Waals surface area contributed by atoms with Crippen LogP contribution in [0.15, 0.2) is 47.4 Å². The van der Waals surface area contributed by atoms with Crippen LogP contribution in [0.5, 0.6) is 5.75 Å². The van der Waals surface area contributed by atoms with E-state index in [1.54, 1.807) is 22.8 Å². The van der Waals surface area contributed by atoms with Crippen molar-refractivity contribution in [3.8, 4) is 22.7 Å². The first-order chi connectivity index (χ1) is 21.9. The Morgan fingerprint density at radius 3 is 2.46 bits per heavy atom. The number of piperazine rings is 1. The number of anilines is 1. The van der Waals surface area contributed by atoms with Crippen molar-refractivity contribution in [2.45, 2.75) is 84.8 Å². The second-order valence-electron chi connectivity index (χ2n) is 13.8. The number of carbonyl (C=O) groups excluding carboxylic acids is 1.